The van der Waals surface area contributed by atoms with Crippen LogP contribution in [-0.2, 0) is 33.7 Å². The van der Waals surface area contributed by atoms with E-state index in [-0.39, 0.29) is 19.7 Å². The lowest BCUT2D eigenvalue weighted by Crippen LogP contribution is -2.58. The third-order valence-corrected chi connectivity index (χ3v) is 7.87. The molecule has 0 spiro atoms. The summed E-state index contributed by atoms with van der Waals surface area (Å²) in [6.07, 6.45) is -2.83. The molecule has 0 fully saturated rings. The predicted octanol–water partition coefficient (Wildman–Crippen LogP) is 4.50. The summed E-state index contributed by atoms with van der Waals surface area (Å²) in [6, 6.07) is 25.8. The molecule has 5 atom stereocenters. The van der Waals surface area contributed by atoms with Crippen molar-refractivity contribution in [3.8, 4) is 0 Å². The Bertz CT molecular complexity index is 1460. The molecule has 3 aromatic rings. The normalized spacial score (nSPS) is 14.7. The SMILES string of the molecule is CC(C)(C)OC(=O)N[C@@H](Cc1ccccc1)[C@H](O)CNC[C@@H](O)[C@H](Cc1ccccc1)NC(=O)[C@@H](NC(=O)OCc1ccccc1)C(C)(C)C. The molecule has 0 bridgehead atoms. The first-order chi connectivity index (χ1) is 23.6. The molecule has 11 heteroatoms. The minimum Gasteiger partial charge on any atom is -0.445 e. The van der Waals surface area contributed by atoms with Gasteiger partial charge in [-0.25, -0.2) is 9.59 Å². The van der Waals surface area contributed by atoms with Crippen molar-refractivity contribution >= 4 is 18.1 Å². The highest BCUT2D eigenvalue weighted by Gasteiger charge is 2.35. The van der Waals surface area contributed by atoms with Crippen molar-refractivity contribution in [2.45, 2.75) is 96.9 Å². The fraction of sp³-hybridized carbons (Fsp3) is 0.462. The average Bonchev–Trinajstić information content (AvgIpc) is 3.05. The lowest BCUT2D eigenvalue weighted by atomic mass is 9.85. The van der Waals surface area contributed by atoms with E-state index in [4.69, 9.17) is 9.47 Å². The van der Waals surface area contributed by atoms with Crippen molar-refractivity contribution in [2.24, 2.45) is 5.41 Å². The van der Waals surface area contributed by atoms with Gasteiger partial charge in [-0.3, -0.25) is 4.79 Å². The Morgan fingerprint density at radius 1 is 0.620 bits per heavy atom. The maximum absolute atomic E-state index is 13.7. The number of nitrogens with one attached hydrogen (secondary N) is 4. The zero-order valence-electron chi connectivity index (χ0n) is 30.0. The first kappa shape index (κ1) is 40.0. The Hall–Kier alpha value is -4.45. The van der Waals surface area contributed by atoms with Gasteiger partial charge < -0.3 is 41.0 Å². The molecule has 6 N–H and O–H groups in total. The van der Waals surface area contributed by atoms with Gasteiger partial charge in [0.05, 0.1) is 24.3 Å². The average molecular weight is 691 g/mol. The lowest BCUT2D eigenvalue weighted by Gasteiger charge is -2.33. The highest BCUT2D eigenvalue weighted by atomic mass is 16.6. The minimum atomic E-state index is -1.08. The van der Waals surface area contributed by atoms with Crippen molar-refractivity contribution in [1.29, 1.82) is 0 Å². The summed E-state index contributed by atoms with van der Waals surface area (Å²) in [7, 11) is 0. The van der Waals surface area contributed by atoms with Crippen LogP contribution >= 0.6 is 0 Å². The minimum absolute atomic E-state index is 0.0199. The van der Waals surface area contributed by atoms with Gasteiger partial charge in [0.15, 0.2) is 0 Å². The first-order valence-electron chi connectivity index (χ1n) is 17.0. The number of amides is 3. The van der Waals surface area contributed by atoms with Gasteiger partial charge in [0.25, 0.3) is 0 Å². The van der Waals surface area contributed by atoms with Crippen LogP contribution < -0.4 is 21.3 Å². The largest absolute Gasteiger partial charge is 0.445 e. The number of aliphatic hydroxyl groups excluding tert-OH is 2. The van der Waals surface area contributed by atoms with Crippen LogP contribution in [0.3, 0.4) is 0 Å². The summed E-state index contributed by atoms with van der Waals surface area (Å²) < 4.78 is 10.8. The molecule has 3 amide bonds. The Labute approximate surface area is 296 Å². The van der Waals surface area contributed by atoms with E-state index < -0.39 is 59.4 Å². The molecule has 0 saturated heterocycles. The molecule has 0 heterocycles. The van der Waals surface area contributed by atoms with E-state index in [0.29, 0.717) is 12.8 Å². The summed E-state index contributed by atoms with van der Waals surface area (Å²) in [6.45, 7) is 10.9. The number of ether oxygens (including phenoxy) is 2. The number of rotatable bonds is 16. The molecule has 11 nitrogen and oxygen atoms in total. The van der Waals surface area contributed by atoms with E-state index in [2.05, 4.69) is 21.3 Å². The summed E-state index contributed by atoms with van der Waals surface area (Å²) in [5.41, 5.74) is 1.23. The number of hydrogen-bond acceptors (Lipinski definition) is 8. The summed E-state index contributed by atoms with van der Waals surface area (Å²) in [5.74, 6) is -0.473. The van der Waals surface area contributed by atoms with Gasteiger partial charge in [0, 0.05) is 13.1 Å². The number of alkyl carbamates (subject to hydrolysis) is 2. The third kappa shape index (κ3) is 14.6. The quantitative estimate of drug-likeness (QED) is 0.128. The van der Waals surface area contributed by atoms with Crippen molar-refractivity contribution in [2.75, 3.05) is 13.1 Å². The van der Waals surface area contributed by atoms with Crippen LogP contribution in [0.5, 0.6) is 0 Å². The lowest BCUT2D eigenvalue weighted by molar-refractivity contribution is -0.127. The Kier molecular flexibility index (Phi) is 15.3. The van der Waals surface area contributed by atoms with Crippen molar-refractivity contribution in [3.63, 3.8) is 0 Å². The summed E-state index contributed by atoms with van der Waals surface area (Å²) >= 11 is 0. The van der Waals surface area contributed by atoms with Gasteiger partial charge >= 0.3 is 12.2 Å². The van der Waals surface area contributed by atoms with Crippen molar-refractivity contribution in [1.82, 2.24) is 21.3 Å². The molecule has 0 unspecified atom stereocenters. The Morgan fingerprint density at radius 3 is 1.50 bits per heavy atom. The molecular weight excluding hydrogens is 636 g/mol. The van der Waals surface area contributed by atoms with Gasteiger partial charge in [-0.2, -0.15) is 0 Å². The van der Waals surface area contributed by atoms with Gasteiger partial charge in [-0.15, -0.1) is 0 Å². The molecule has 0 aromatic heterocycles. The van der Waals surface area contributed by atoms with E-state index in [0.717, 1.165) is 16.7 Å². The smallest absolute Gasteiger partial charge is 0.408 e. The zero-order valence-corrected chi connectivity index (χ0v) is 30.0. The van der Waals surface area contributed by atoms with Gasteiger partial charge in [0.2, 0.25) is 5.91 Å². The van der Waals surface area contributed by atoms with E-state index in [1.165, 1.54) is 0 Å². The second kappa shape index (κ2) is 19.1. The molecule has 0 aliphatic heterocycles. The standard InChI is InChI=1S/C39H54N4O7/c1-38(2,3)34(43-36(47)49-26-29-20-14-9-15-21-29)35(46)41-30(22-27-16-10-7-11-17-27)32(44)24-40-25-33(45)31(23-28-18-12-8-13-19-28)42-37(48)50-39(4,5)6/h7-21,30-34,40,44-45H,22-26H2,1-6H3,(H,41,46)(H,42,48)(H,43,47)/t30-,31-,32+,33+,34+/m0/s1. The topological polar surface area (TPSA) is 158 Å². The van der Waals surface area contributed by atoms with Crippen LogP contribution in [-0.4, -0.2) is 77.3 Å². The molecule has 0 saturated carbocycles. The number of hydrogen-bond donors (Lipinski definition) is 6. The van der Waals surface area contributed by atoms with Gasteiger partial charge in [0.1, 0.15) is 18.2 Å². The molecule has 0 aliphatic carbocycles. The molecule has 3 rings (SSSR count). The van der Waals surface area contributed by atoms with E-state index >= 15 is 0 Å². The van der Waals surface area contributed by atoms with Crippen LogP contribution in [0.1, 0.15) is 58.2 Å². The first-order valence-corrected chi connectivity index (χ1v) is 17.0. The van der Waals surface area contributed by atoms with Crippen LogP contribution in [0.2, 0.25) is 0 Å². The second-order valence-corrected chi connectivity index (χ2v) is 14.5. The van der Waals surface area contributed by atoms with Crippen LogP contribution in [0.25, 0.3) is 0 Å². The van der Waals surface area contributed by atoms with Gasteiger partial charge in [-0.1, -0.05) is 112 Å². The highest BCUT2D eigenvalue weighted by Crippen LogP contribution is 2.21. The summed E-state index contributed by atoms with van der Waals surface area (Å²) in [5, 5.41) is 34.1. The van der Waals surface area contributed by atoms with Crippen molar-refractivity contribution < 1.29 is 34.1 Å². The maximum Gasteiger partial charge on any atom is 0.408 e. The van der Waals surface area contributed by atoms with Crippen LogP contribution in [0.15, 0.2) is 91.0 Å². The van der Waals surface area contributed by atoms with E-state index in [1.54, 1.807) is 20.8 Å². The third-order valence-electron chi connectivity index (χ3n) is 7.87. The zero-order chi connectivity index (χ0) is 36.7. The van der Waals surface area contributed by atoms with E-state index in [1.807, 2.05) is 112 Å². The molecule has 3 aromatic carbocycles. The van der Waals surface area contributed by atoms with Gasteiger partial charge in [-0.05, 0) is 55.7 Å². The molecular formula is C39H54N4O7. The predicted molar refractivity (Wildman–Crippen MR) is 193 cm³/mol. The maximum atomic E-state index is 13.7. The number of aliphatic hydroxyl groups is 2. The van der Waals surface area contributed by atoms with Crippen LogP contribution in [0, 0.1) is 5.41 Å². The fourth-order valence-electron chi connectivity index (χ4n) is 5.25. The highest BCUT2D eigenvalue weighted by molar-refractivity contribution is 5.86. The second-order valence-electron chi connectivity index (χ2n) is 14.5. The molecule has 0 radical (unpaired) electrons. The number of benzene rings is 3. The monoisotopic (exact) mass is 690 g/mol. The number of carbonyl (C=O) groups excluding carboxylic acids is 3. The Balaban J connectivity index is 1.68. The van der Waals surface area contributed by atoms with E-state index in [9.17, 15) is 24.6 Å². The van der Waals surface area contributed by atoms with Crippen LogP contribution in [0.4, 0.5) is 9.59 Å². The molecule has 272 valence electrons. The summed E-state index contributed by atoms with van der Waals surface area (Å²) in [4.78, 5) is 39.1. The Morgan fingerprint density at radius 2 is 1.06 bits per heavy atom. The molecule has 50 heavy (non-hydrogen) atoms. The number of carbonyl (C=O) groups is 3. The fourth-order valence-corrected chi connectivity index (χ4v) is 5.25. The molecule has 0 aliphatic rings. The van der Waals surface area contributed by atoms with Crippen molar-refractivity contribution in [3.05, 3.63) is 108 Å².